The third-order valence-corrected chi connectivity index (χ3v) is 3.73. The number of carbonyl (C=O) groups is 1. The van der Waals surface area contributed by atoms with Crippen molar-refractivity contribution in [1.82, 2.24) is 16.0 Å². The Morgan fingerprint density at radius 2 is 1.95 bits per heavy atom. The first-order valence-electron chi connectivity index (χ1n) is 7.40. The van der Waals surface area contributed by atoms with Gasteiger partial charge in [-0.1, -0.05) is 0 Å². The molecule has 5 nitrogen and oxygen atoms in total. The van der Waals surface area contributed by atoms with Gasteiger partial charge in [-0.05, 0) is 53.0 Å². The Labute approximate surface area is 115 Å². The smallest absolute Gasteiger partial charge is 0.407 e. The van der Waals surface area contributed by atoms with E-state index in [0.717, 1.165) is 32.4 Å². The van der Waals surface area contributed by atoms with E-state index in [2.05, 4.69) is 16.0 Å². The predicted octanol–water partition coefficient (Wildman–Crippen LogP) is 1.38. The van der Waals surface area contributed by atoms with Crippen LogP contribution in [-0.2, 0) is 4.74 Å². The molecule has 3 N–H and O–H groups in total. The zero-order valence-electron chi connectivity index (χ0n) is 12.3. The molecule has 110 valence electrons. The van der Waals surface area contributed by atoms with Gasteiger partial charge in [0.15, 0.2) is 0 Å². The molecule has 0 aromatic rings. The summed E-state index contributed by atoms with van der Waals surface area (Å²) in [6.07, 6.45) is 4.22. The minimum Gasteiger partial charge on any atom is -0.444 e. The van der Waals surface area contributed by atoms with Gasteiger partial charge >= 0.3 is 6.09 Å². The van der Waals surface area contributed by atoms with Crippen LogP contribution in [0.1, 0.15) is 46.5 Å². The van der Waals surface area contributed by atoms with Crippen molar-refractivity contribution in [3.63, 3.8) is 0 Å². The number of nitrogens with one attached hydrogen (secondary N) is 3. The van der Waals surface area contributed by atoms with Gasteiger partial charge in [0.2, 0.25) is 0 Å². The zero-order chi connectivity index (χ0) is 13.9. The first-order chi connectivity index (χ1) is 8.94. The van der Waals surface area contributed by atoms with Gasteiger partial charge in [0.25, 0.3) is 0 Å². The van der Waals surface area contributed by atoms with E-state index in [9.17, 15) is 4.79 Å². The van der Waals surface area contributed by atoms with Crippen LogP contribution >= 0.6 is 0 Å². The molecule has 0 radical (unpaired) electrons. The molecular weight excluding hydrogens is 242 g/mol. The fraction of sp³-hybridized carbons (Fsp3) is 0.929. The first-order valence-corrected chi connectivity index (χ1v) is 7.40. The van der Waals surface area contributed by atoms with E-state index >= 15 is 0 Å². The summed E-state index contributed by atoms with van der Waals surface area (Å²) in [5, 5.41) is 10.0. The van der Waals surface area contributed by atoms with Crippen LogP contribution in [0.4, 0.5) is 4.79 Å². The minimum atomic E-state index is -0.430. The van der Waals surface area contributed by atoms with Gasteiger partial charge in [-0.3, -0.25) is 0 Å². The van der Waals surface area contributed by atoms with E-state index in [1.165, 1.54) is 6.42 Å². The topological polar surface area (TPSA) is 62.4 Å². The second-order valence-electron chi connectivity index (χ2n) is 6.65. The van der Waals surface area contributed by atoms with Gasteiger partial charge in [-0.2, -0.15) is 0 Å². The summed E-state index contributed by atoms with van der Waals surface area (Å²) >= 11 is 0. The molecule has 3 atom stereocenters. The number of carbonyl (C=O) groups excluding carboxylic acids is 1. The maximum Gasteiger partial charge on any atom is 0.407 e. The van der Waals surface area contributed by atoms with Crippen LogP contribution < -0.4 is 16.0 Å². The number of hydrogen-bond acceptors (Lipinski definition) is 4. The van der Waals surface area contributed by atoms with E-state index in [1.54, 1.807) is 0 Å². The summed E-state index contributed by atoms with van der Waals surface area (Å²) in [7, 11) is 0. The van der Waals surface area contributed by atoms with Gasteiger partial charge in [0, 0.05) is 24.7 Å². The lowest BCUT2D eigenvalue weighted by Crippen LogP contribution is -2.51. The minimum absolute atomic E-state index is 0.204. The van der Waals surface area contributed by atoms with Crippen LogP contribution in [0, 0.1) is 0 Å². The molecule has 1 amide bonds. The molecule has 2 aliphatic rings. The second kappa shape index (κ2) is 6.09. The molecule has 0 spiro atoms. The number of ether oxygens (including phenoxy) is 1. The highest BCUT2D eigenvalue weighted by atomic mass is 16.6. The summed E-state index contributed by atoms with van der Waals surface area (Å²) in [4.78, 5) is 11.8. The van der Waals surface area contributed by atoms with Crippen LogP contribution in [0.25, 0.3) is 0 Å². The lowest BCUT2D eigenvalue weighted by atomic mass is 10.1. The average Bonchev–Trinajstić information content (AvgIpc) is 2.89. The lowest BCUT2D eigenvalue weighted by molar-refractivity contribution is 0.0497. The van der Waals surface area contributed by atoms with Crippen molar-refractivity contribution in [3.05, 3.63) is 0 Å². The maximum atomic E-state index is 11.8. The van der Waals surface area contributed by atoms with Crippen molar-refractivity contribution in [2.75, 3.05) is 13.1 Å². The van der Waals surface area contributed by atoms with Crippen LogP contribution in [-0.4, -0.2) is 42.9 Å². The van der Waals surface area contributed by atoms with Crippen molar-refractivity contribution in [2.24, 2.45) is 0 Å². The SMILES string of the molecule is CC(C)(C)OC(=O)NC1CCCC1NC1CCNC1. The van der Waals surface area contributed by atoms with Crippen molar-refractivity contribution in [1.29, 1.82) is 0 Å². The van der Waals surface area contributed by atoms with E-state index in [0.29, 0.717) is 12.1 Å². The highest BCUT2D eigenvalue weighted by Gasteiger charge is 2.32. The summed E-state index contributed by atoms with van der Waals surface area (Å²) in [5.41, 5.74) is -0.430. The predicted molar refractivity (Wildman–Crippen MR) is 75.2 cm³/mol. The number of alkyl carbamates (subject to hydrolysis) is 1. The highest BCUT2D eigenvalue weighted by Crippen LogP contribution is 2.21. The molecule has 2 rings (SSSR count). The molecule has 0 bridgehead atoms. The molecule has 5 heteroatoms. The van der Waals surface area contributed by atoms with Crippen LogP contribution in [0.15, 0.2) is 0 Å². The zero-order valence-corrected chi connectivity index (χ0v) is 12.3. The summed E-state index contributed by atoms with van der Waals surface area (Å²) in [6.45, 7) is 7.80. The Bertz CT molecular complexity index is 308. The Hall–Kier alpha value is -0.810. The van der Waals surface area contributed by atoms with E-state index in [4.69, 9.17) is 4.74 Å². The van der Waals surface area contributed by atoms with E-state index in [-0.39, 0.29) is 12.1 Å². The molecular formula is C14H27N3O2. The van der Waals surface area contributed by atoms with Crippen molar-refractivity contribution in [2.45, 2.75) is 70.2 Å². The fourth-order valence-electron chi connectivity index (χ4n) is 2.89. The fourth-order valence-corrected chi connectivity index (χ4v) is 2.89. The van der Waals surface area contributed by atoms with Crippen molar-refractivity contribution >= 4 is 6.09 Å². The van der Waals surface area contributed by atoms with Crippen LogP contribution in [0.3, 0.4) is 0 Å². The molecule has 1 aliphatic heterocycles. The molecule has 0 aromatic heterocycles. The van der Waals surface area contributed by atoms with E-state index < -0.39 is 5.60 Å². The largest absolute Gasteiger partial charge is 0.444 e. The average molecular weight is 269 g/mol. The van der Waals surface area contributed by atoms with E-state index in [1.807, 2.05) is 20.8 Å². The van der Waals surface area contributed by atoms with Gasteiger partial charge in [-0.25, -0.2) is 4.79 Å². The van der Waals surface area contributed by atoms with Gasteiger partial charge in [0.1, 0.15) is 5.60 Å². The quantitative estimate of drug-likeness (QED) is 0.724. The second-order valence-corrected chi connectivity index (χ2v) is 6.65. The Kier molecular flexibility index (Phi) is 4.68. The molecule has 2 fully saturated rings. The monoisotopic (exact) mass is 269 g/mol. The molecule has 0 aromatic carbocycles. The normalized spacial score (nSPS) is 31.4. The summed E-state index contributed by atoms with van der Waals surface area (Å²) in [5.74, 6) is 0. The van der Waals surface area contributed by atoms with Crippen LogP contribution in [0.5, 0.6) is 0 Å². The Morgan fingerprint density at radius 3 is 2.58 bits per heavy atom. The van der Waals surface area contributed by atoms with Gasteiger partial charge < -0.3 is 20.7 Å². The third kappa shape index (κ3) is 4.66. The number of rotatable bonds is 3. The van der Waals surface area contributed by atoms with Crippen molar-refractivity contribution in [3.8, 4) is 0 Å². The Morgan fingerprint density at radius 1 is 1.21 bits per heavy atom. The first kappa shape index (κ1) is 14.6. The summed E-state index contributed by atoms with van der Waals surface area (Å²) in [6, 6.07) is 1.14. The van der Waals surface area contributed by atoms with Crippen molar-refractivity contribution < 1.29 is 9.53 Å². The highest BCUT2D eigenvalue weighted by molar-refractivity contribution is 5.68. The maximum absolute atomic E-state index is 11.8. The van der Waals surface area contributed by atoms with Gasteiger partial charge in [-0.15, -0.1) is 0 Å². The van der Waals surface area contributed by atoms with Crippen LogP contribution in [0.2, 0.25) is 0 Å². The number of hydrogen-bond donors (Lipinski definition) is 3. The molecule has 1 saturated carbocycles. The third-order valence-electron chi connectivity index (χ3n) is 3.73. The standard InChI is InChI=1S/C14H27N3O2/c1-14(2,3)19-13(18)17-12-6-4-5-11(12)16-10-7-8-15-9-10/h10-12,15-16H,4-9H2,1-3H3,(H,17,18). The Balaban J connectivity index is 1.79. The molecule has 1 heterocycles. The molecule has 19 heavy (non-hydrogen) atoms. The van der Waals surface area contributed by atoms with Gasteiger partial charge in [0.05, 0.1) is 0 Å². The molecule has 1 aliphatic carbocycles. The molecule has 1 saturated heterocycles. The molecule has 3 unspecified atom stereocenters. The number of amides is 1. The lowest BCUT2D eigenvalue weighted by Gasteiger charge is -2.27. The summed E-state index contributed by atoms with van der Waals surface area (Å²) < 4.78 is 5.33.